The number of benzene rings is 2. The Kier molecular flexibility index (Phi) is 6.29. The molecule has 0 unspecified atom stereocenters. The molecule has 1 aliphatic rings. The maximum Gasteiger partial charge on any atom is 0.262 e. The molecule has 2 N–H and O–H groups in total. The molecular formula is C23H27N5O3S. The van der Waals surface area contributed by atoms with Crippen molar-refractivity contribution in [2.45, 2.75) is 25.7 Å². The number of nitrogens with one attached hydrogen (secondary N) is 2. The standard InChI is InChI=1S/C23H27N5O3S/c1-16-4-5-17(2)21(14-16)32(29,30)27-20-8-6-19(7-9-20)26-22-15-23(25-18(3)24-22)28-10-12-31-13-11-28/h4-9,14-15,27H,10-13H2,1-3H3,(H,24,25,26). The van der Waals surface area contributed by atoms with Crippen molar-refractivity contribution in [1.29, 1.82) is 0 Å². The minimum atomic E-state index is -3.67. The zero-order valence-corrected chi connectivity index (χ0v) is 19.2. The third-order valence-corrected chi connectivity index (χ3v) is 6.73. The molecule has 1 aromatic heterocycles. The van der Waals surface area contributed by atoms with Crippen LogP contribution in [0.25, 0.3) is 0 Å². The van der Waals surface area contributed by atoms with E-state index in [1.807, 2.05) is 44.2 Å². The average Bonchev–Trinajstić information content (AvgIpc) is 2.77. The van der Waals surface area contributed by atoms with Crippen molar-refractivity contribution in [2.75, 3.05) is 41.2 Å². The number of aromatic nitrogens is 2. The largest absolute Gasteiger partial charge is 0.378 e. The summed E-state index contributed by atoms with van der Waals surface area (Å²) in [7, 11) is -3.67. The van der Waals surface area contributed by atoms with Gasteiger partial charge in [0.15, 0.2) is 0 Å². The fourth-order valence-corrected chi connectivity index (χ4v) is 4.94. The Morgan fingerprint density at radius 3 is 2.31 bits per heavy atom. The van der Waals surface area contributed by atoms with Crippen molar-refractivity contribution < 1.29 is 13.2 Å². The summed E-state index contributed by atoms with van der Waals surface area (Å²) in [4.78, 5) is 11.5. The van der Waals surface area contributed by atoms with Crippen LogP contribution in [-0.2, 0) is 14.8 Å². The topological polar surface area (TPSA) is 96.5 Å². The first-order chi connectivity index (χ1) is 15.3. The molecule has 2 heterocycles. The van der Waals surface area contributed by atoms with Gasteiger partial charge in [0.2, 0.25) is 0 Å². The van der Waals surface area contributed by atoms with E-state index in [1.54, 1.807) is 25.1 Å². The van der Waals surface area contributed by atoms with Crippen molar-refractivity contribution in [2.24, 2.45) is 0 Å². The van der Waals surface area contributed by atoms with Crippen LogP contribution in [0.15, 0.2) is 53.4 Å². The van der Waals surface area contributed by atoms with Gasteiger partial charge in [-0.3, -0.25) is 4.72 Å². The Bertz CT molecular complexity index is 1210. The average molecular weight is 454 g/mol. The van der Waals surface area contributed by atoms with Crippen molar-refractivity contribution in [3.05, 3.63) is 65.5 Å². The molecule has 2 aromatic carbocycles. The van der Waals surface area contributed by atoms with Gasteiger partial charge in [0.25, 0.3) is 10.0 Å². The SMILES string of the molecule is Cc1ccc(C)c(S(=O)(=O)Nc2ccc(Nc3cc(N4CCOCC4)nc(C)n3)cc2)c1. The molecule has 9 heteroatoms. The van der Waals surface area contributed by atoms with Crippen LogP contribution in [0.4, 0.5) is 23.0 Å². The number of hydrogen-bond donors (Lipinski definition) is 2. The summed E-state index contributed by atoms with van der Waals surface area (Å²) in [5, 5.41) is 3.28. The van der Waals surface area contributed by atoms with Crippen LogP contribution in [0.3, 0.4) is 0 Å². The second-order valence-corrected chi connectivity index (χ2v) is 9.49. The van der Waals surface area contributed by atoms with Crippen molar-refractivity contribution in [1.82, 2.24) is 9.97 Å². The lowest BCUT2D eigenvalue weighted by atomic mass is 10.2. The quantitative estimate of drug-likeness (QED) is 0.586. The van der Waals surface area contributed by atoms with E-state index in [4.69, 9.17) is 4.74 Å². The molecule has 0 spiro atoms. The highest BCUT2D eigenvalue weighted by atomic mass is 32.2. The van der Waals surface area contributed by atoms with Crippen LogP contribution >= 0.6 is 0 Å². The van der Waals surface area contributed by atoms with E-state index in [9.17, 15) is 8.42 Å². The normalized spacial score (nSPS) is 14.3. The van der Waals surface area contributed by atoms with Gasteiger partial charge < -0.3 is 15.0 Å². The molecule has 4 rings (SSSR count). The third-order valence-electron chi connectivity index (χ3n) is 5.20. The highest BCUT2D eigenvalue weighted by Crippen LogP contribution is 2.24. The molecule has 0 amide bonds. The lowest BCUT2D eigenvalue weighted by molar-refractivity contribution is 0.122. The number of morpholine rings is 1. The summed E-state index contributed by atoms with van der Waals surface area (Å²) in [6.45, 7) is 8.49. The van der Waals surface area contributed by atoms with Crippen molar-refractivity contribution in [3.63, 3.8) is 0 Å². The molecule has 3 aromatic rings. The van der Waals surface area contributed by atoms with Gasteiger partial charge in [-0.1, -0.05) is 12.1 Å². The van der Waals surface area contributed by atoms with Crippen LogP contribution in [0.5, 0.6) is 0 Å². The lowest BCUT2D eigenvalue weighted by Crippen LogP contribution is -2.36. The summed E-state index contributed by atoms with van der Waals surface area (Å²) < 4.78 is 33.7. The molecule has 0 bridgehead atoms. The van der Waals surface area contributed by atoms with E-state index in [1.165, 1.54) is 0 Å². The first-order valence-corrected chi connectivity index (χ1v) is 11.9. The first kappa shape index (κ1) is 22.0. The number of rotatable bonds is 6. The number of hydrogen-bond acceptors (Lipinski definition) is 7. The molecule has 168 valence electrons. The predicted molar refractivity (Wildman–Crippen MR) is 126 cm³/mol. The first-order valence-electron chi connectivity index (χ1n) is 10.5. The summed E-state index contributed by atoms with van der Waals surface area (Å²) in [5.41, 5.74) is 2.89. The maximum absolute atomic E-state index is 12.8. The maximum atomic E-state index is 12.8. The second-order valence-electron chi connectivity index (χ2n) is 7.83. The van der Waals surface area contributed by atoms with E-state index in [2.05, 4.69) is 24.9 Å². The molecule has 8 nitrogen and oxygen atoms in total. The molecule has 1 saturated heterocycles. The lowest BCUT2D eigenvalue weighted by Gasteiger charge is -2.28. The van der Waals surface area contributed by atoms with E-state index < -0.39 is 10.0 Å². The van der Waals surface area contributed by atoms with Crippen LogP contribution < -0.4 is 14.9 Å². The molecule has 0 aliphatic carbocycles. The third kappa shape index (κ3) is 5.17. The Morgan fingerprint density at radius 1 is 0.906 bits per heavy atom. The molecule has 0 radical (unpaired) electrons. The highest BCUT2D eigenvalue weighted by Gasteiger charge is 2.17. The summed E-state index contributed by atoms with van der Waals surface area (Å²) >= 11 is 0. The zero-order valence-electron chi connectivity index (χ0n) is 18.4. The summed E-state index contributed by atoms with van der Waals surface area (Å²) in [5.74, 6) is 2.22. The number of anilines is 4. The smallest absolute Gasteiger partial charge is 0.262 e. The van der Waals surface area contributed by atoms with E-state index in [0.717, 1.165) is 30.2 Å². The van der Waals surface area contributed by atoms with Gasteiger partial charge in [0, 0.05) is 30.5 Å². The molecular weight excluding hydrogens is 426 g/mol. The van der Waals surface area contributed by atoms with Crippen molar-refractivity contribution in [3.8, 4) is 0 Å². The van der Waals surface area contributed by atoms with Crippen LogP contribution in [0.1, 0.15) is 17.0 Å². The Labute approximate surface area is 188 Å². The molecule has 0 saturated carbocycles. The van der Waals surface area contributed by atoms with Crippen LogP contribution in [0.2, 0.25) is 0 Å². The van der Waals surface area contributed by atoms with Gasteiger partial charge in [0.1, 0.15) is 17.5 Å². The monoisotopic (exact) mass is 453 g/mol. The number of nitrogens with zero attached hydrogens (tertiary/aromatic N) is 3. The molecule has 1 fully saturated rings. The number of ether oxygens (including phenoxy) is 1. The van der Waals surface area contributed by atoms with Crippen LogP contribution in [-0.4, -0.2) is 44.7 Å². The second kappa shape index (κ2) is 9.13. The number of sulfonamides is 1. The van der Waals surface area contributed by atoms with Gasteiger partial charge in [-0.2, -0.15) is 0 Å². The van der Waals surface area contributed by atoms with E-state index >= 15 is 0 Å². The number of aryl methyl sites for hydroxylation is 3. The minimum absolute atomic E-state index is 0.284. The Balaban J connectivity index is 1.48. The summed E-state index contributed by atoms with van der Waals surface area (Å²) in [6.07, 6.45) is 0. The summed E-state index contributed by atoms with van der Waals surface area (Å²) in [6, 6.07) is 14.4. The minimum Gasteiger partial charge on any atom is -0.378 e. The van der Waals surface area contributed by atoms with Gasteiger partial charge in [-0.05, 0) is 62.2 Å². The predicted octanol–water partition coefficient (Wildman–Crippen LogP) is 3.78. The van der Waals surface area contributed by atoms with E-state index in [0.29, 0.717) is 36.1 Å². The van der Waals surface area contributed by atoms with Gasteiger partial charge in [-0.25, -0.2) is 18.4 Å². The van der Waals surface area contributed by atoms with Crippen molar-refractivity contribution >= 4 is 33.0 Å². The fraction of sp³-hybridized carbons (Fsp3) is 0.304. The molecule has 1 aliphatic heterocycles. The molecule has 32 heavy (non-hydrogen) atoms. The van der Waals surface area contributed by atoms with Crippen LogP contribution in [0, 0.1) is 20.8 Å². The van der Waals surface area contributed by atoms with Gasteiger partial charge >= 0.3 is 0 Å². The van der Waals surface area contributed by atoms with E-state index in [-0.39, 0.29) is 4.90 Å². The zero-order chi connectivity index (χ0) is 22.7. The van der Waals surface area contributed by atoms with Gasteiger partial charge in [-0.15, -0.1) is 0 Å². The Hall–Kier alpha value is -3.17. The fourth-order valence-electron chi connectivity index (χ4n) is 3.55. The Morgan fingerprint density at radius 2 is 1.59 bits per heavy atom. The van der Waals surface area contributed by atoms with Gasteiger partial charge in [0.05, 0.1) is 18.1 Å². The molecule has 0 atom stereocenters. The highest BCUT2D eigenvalue weighted by molar-refractivity contribution is 7.92.